The Bertz CT molecular complexity index is 1250. The molecule has 150 valence electrons. The van der Waals surface area contributed by atoms with Crippen LogP contribution in [0.3, 0.4) is 0 Å². The predicted molar refractivity (Wildman–Crippen MR) is 95.9 cm³/mol. The molecule has 0 saturated carbocycles. The van der Waals surface area contributed by atoms with Crippen LogP contribution in [0.1, 0.15) is 16.1 Å². The Morgan fingerprint density at radius 2 is 1.72 bits per heavy atom. The molecule has 0 saturated heterocycles. The summed E-state index contributed by atoms with van der Waals surface area (Å²) < 4.78 is 32.3. The molecule has 2 N–H and O–H groups in total. The van der Waals surface area contributed by atoms with Crippen molar-refractivity contribution in [3.8, 4) is 5.69 Å². The number of aryl methyl sites for hydroxylation is 1. The zero-order chi connectivity index (χ0) is 20.5. The van der Waals surface area contributed by atoms with Crippen LogP contribution in [0.15, 0.2) is 68.4 Å². The minimum absolute atomic E-state index is 0. The Kier molecular flexibility index (Phi) is 6.56. The van der Waals surface area contributed by atoms with Crippen molar-refractivity contribution in [2.75, 3.05) is 0 Å². The molecule has 0 radical (unpaired) electrons. The van der Waals surface area contributed by atoms with Gasteiger partial charge < -0.3 is 9.90 Å². The van der Waals surface area contributed by atoms with Crippen molar-refractivity contribution >= 4 is 27.5 Å². The van der Waals surface area contributed by atoms with Gasteiger partial charge >= 0.3 is 0 Å². The van der Waals surface area contributed by atoms with Crippen LogP contribution < -0.4 is 10.7 Å². The van der Waals surface area contributed by atoms with E-state index in [4.69, 9.17) is 4.55 Å². The number of H-pyrrole nitrogens is 1. The van der Waals surface area contributed by atoms with E-state index in [1.807, 2.05) is 0 Å². The molecule has 1 heterocycles. The Morgan fingerprint density at radius 1 is 1.10 bits per heavy atom. The summed E-state index contributed by atoms with van der Waals surface area (Å²) in [5, 5.41) is 21.6. The van der Waals surface area contributed by atoms with E-state index in [1.165, 1.54) is 30.3 Å². The first-order chi connectivity index (χ1) is 13.2. The number of rotatable bonds is 5. The van der Waals surface area contributed by atoms with Gasteiger partial charge in [0.1, 0.15) is 0 Å². The number of nitrogens with one attached hydrogen (secondary N) is 1. The average Bonchev–Trinajstić information content (AvgIpc) is 2.93. The molecule has 0 aliphatic rings. The van der Waals surface area contributed by atoms with Gasteiger partial charge in [0.2, 0.25) is 0 Å². The maximum Gasteiger partial charge on any atom is 0.299 e. The standard InChI is InChI=1S/C17H14N4O6S.Cr/c1-10-15(19-18-14-5-3-2-4-13(14)17(23)24)16(22)21(20-10)11-6-8-12(9-7-11)28(25,26)27;/h2-9,20H,1H3,(H,23,24)(H,25,26,27);/p-1. The van der Waals surface area contributed by atoms with Gasteiger partial charge in [-0.2, -0.15) is 8.42 Å². The third kappa shape index (κ3) is 4.69. The summed E-state index contributed by atoms with van der Waals surface area (Å²) in [4.78, 5) is 23.4. The molecule has 0 bridgehead atoms. The van der Waals surface area contributed by atoms with Gasteiger partial charge in [-0.05, 0) is 37.3 Å². The minimum atomic E-state index is -4.35. The molecule has 0 aliphatic carbocycles. The fourth-order valence-corrected chi connectivity index (χ4v) is 2.92. The van der Waals surface area contributed by atoms with E-state index in [9.17, 15) is 23.1 Å². The van der Waals surface area contributed by atoms with Crippen LogP contribution in [0.2, 0.25) is 0 Å². The second-order valence-electron chi connectivity index (χ2n) is 5.70. The number of carbonyl (C=O) groups is 1. The maximum absolute atomic E-state index is 12.6. The Labute approximate surface area is 175 Å². The smallest absolute Gasteiger partial charge is 0.299 e. The van der Waals surface area contributed by atoms with Gasteiger partial charge in [0.05, 0.1) is 27.9 Å². The average molecular weight is 453 g/mol. The molecule has 0 spiro atoms. The molecule has 0 unspecified atom stereocenters. The van der Waals surface area contributed by atoms with Crippen LogP contribution >= 0.6 is 0 Å². The molecule has 10 nitrogen and oxygen atoms in total. The third-order valence-corrected chi connectivity index (χ3v) is 4.68. The van der Waals surface area contributed by atoms with E-state index >= 15 is 0 Å². The number of aromatic carboxylic acids is 1. The summed E-state index contributed by atoms with van der Waals surface area (Å²) in [5.41, 5.74) is -0.0958. The summed E-state index contributed by atoms with van der Waals surface area (Å²) in [6, 6.07) is 10.7. The molecule has 3 aromatic rings. The molecule has 0 atom stereocenters. The molecular weight excluding hydrogens is 440 g/mol. The number of nitrogens with zero attached hydrogens (tertiary/aromatic N) is 3. The van der Waals surface area contributed by atoms with Crippen LogP contribution in [0.4, 0.5) is 11.4 Å². The number of carbonyl (C=O) groups excluding carboxylic acids is 1. The van der Waals surface area contributed by atoms with E-state index < -0.39 is 21.6 Å². The van der Waals surface area contributed by atoms with Gasteiger partial charge in [-0.3, -0.25) is 14.4 Å². The Balaban J connectivity index is 0.00000300. The van der Waals surface area contributed by atoms with Crippen molar-refractivity contribution < 1.29 is 40.2 Å². The Hall–Kier alpha value is -3.04. The largest absolute Gasteiger partial charge is 0.545 e. The second-order valence-corrected chi connectivity index (χ2v) is 7.12. The van der Waals surface area contributed by atoms with Crippen molar-refractivity contribution in [1.82, 2.24) is 9.78 Å². The normalized spacial score (nSPS) is 11.4. The van der Waals surface area contributed by atoms with Gasteiger partial charge in [-0.1, -0.05) is 18.2 Å². The van der Waals surface area contributed by atoms with E-state index in [0.717, 1.165) is 16.8 Å². The number of benzene rings is 2. The summed E-state index contributed by atoms with van der Waals surface area (Å²) in [7, 11) is -4.35. The zero-order valence-corrected chi connectivity index (χ0v) is 16.9. The van der Waals surface area contributed by atoms with E-state index in [2.05, 4.69) is 15.3 Å². The first-order valence-electron chi connectivity index (χ1n) is 7.80. The van der Waals surface area contributed by atoms with E-state index in [0.29, 0.717) is 11.4 Å². The maximum atomic E-state index is 12.6. The van der Waals surface area contributed by atoms with Crippen LogP contribution in [0.25, 0.3) is 5.69 Å². The molecular formula is C17H13CrN4O6S-. The first kappa shape index (κ1) is 22.3. The third-order valence-electron chi connectivity index (χ3n) is 3.81. The van der Waals surface area contributed by atoms with Gasteiger partial charge in [0.15, 0.2) is 5.69 Å². The monoisotopic (exact) mass is 453 g/mol. The zero-order valence-electron chi connectivity index (χ0n) is 14.8. The van der Waals surface area contributed by atoms with Gasteiger partial charge in [-0.25, -0.2) is 4.68 Å². The summed E-state index contributed by atoms with van der Waals surface area (Å²) in [6.45, 7) is 1.57. The SMILES string of the molecule is Cc1[nH]n(-c2ccc(S(=O)(=O)O)cc2)c(=O)c1N=Nc1ccccc1C(=O)[O-].[Cr]. The van der Waals surface area contributed by atoms with Crippen molar-refractivity contribution in [3.63, 3.8) is 0 Å². The van der Waals surface area contributed by atoms with Gasteiger partial charge in [0.25, 0.3) is 15.7 Å². The van der Waals surface area contributed by atoms with Crippen molar-refractivity contribution in [3.05, 3.63) is 70.1 Å². The van der Waals surface area contributed by atoms with Gasteiger partial charge in [-0.15, -0.1) is 10.2 Å². The van der Waals surface area contributed by atoms with Crippen molar-refractivity contribution in [2.24, 2.45) is 10.2 Å². The Morgan fingerprint density at radius 3 is 2.31 bits per heavy atom. The van der Waals surface area contributed by atoms with Crippen molar-refractivity contribution in [2.45, 2.75) is 11.8 Å². The number of hydrogen-bond acceptors (Lipinski definition) is 7. The predicted octanol–water partition coefficient (Wildman–Crippen LogP) is 1.50. The topological polar surface area (TPSA) is 157 Å². The number of azo groups is 1. The summed E-state index contributed by atoms with van der Waals surface area (Å²) in [6.07, 6.45) is 0. The second kappa shape index (κ2) is 8.54. The van der Waals surface area contributed by atoms with Crippen molar-refractivity contribution in [1.29, 1.82) is 0 Å². The molecule has 3 rings (SSSR count). The quantitative estimate of drug-likeness (QED) is 0.440. The summed E-state index contributed by atoms with van der Waals surface area (Å²) in [5.74, 6) is -1.42. The van der Waals surface area contributed by atoms with Crippen LogP contribution in [0.5, 0.6) is 0 Å². The molecule has 2 aromatic carbocycles. The molecule has 29 heavy (non-hydrogen) atoms. The molecule has 1 aromatic heterocycles. The number of carboxylic acids is 1. The number of carboxylic acid groups (broad SMARTS) is 1. The van der Waals surface area contributed by atoms with E-state index in [-0.39, 0.29) is 39.2 Å². The number of aromatic amines is 1. The van der Waals surface area contributed by atoms with Crippen LogP contribution in [0, 0.1) is 6.92 Å². The number of aromatic nitrogens is 2. The number of hydrogen-bond donors (Lipinski definition) is 2. The fourth-order valence-electron chi connectivity index (χ4n) is 2.44. The van der Waals surface area contributed by atoms with Crippen LogP contribution in [-0.2, 0) is 27.5 Å². The molecule has 0 amide bonds. The van der Waals surface area contributed by atoms with Gasteiger partial charge in [0, 0.05) is 22.9 Å². The van der Waals surface area contributed by atoms with Crippen LogP contribution in [-0.4, -0.2) is 28.7 Å². The minimum Gasteiger partial charge on any atom is -0.545 e. The molecule has 0 fully saturated rings. The first-order valence-corrected chi connectivity index (χ1v) is 9.24. The molecule has 12 heteroatoms. The van der Waals surface area contributed by atoms with E-state index in [1.54, 1.807) is 13.0 Å². The molecule has 0 aliphatic heterocycles. The fraction of sp³-hybridized carbons (Fsp3) is 0.0588. The summed E-state index contributed by atoms with van der Waals surface area (Å²) >= 11 is 0.